The lowest BCUT2D eigenvalue weighted by Gasteiger charge is -1.98. The number of fused-ring (bicyclic) bond motifs is 1. The van der Waals surface area contributed by atoms with Crippen molar-refractivity contribution >= 4 is 22.8 Å². The van der Waals surface area contributed by atoms with Crippen LogP contribution in [0.1, 0.15) is 10.4 Å². The minimum absolute atomic E-state index is 0.0430. The normalized spacial score (nSPS) is 10.5. The van der Waals surface area contributed by atoms with Crippen LogP contribution >= 0.6 is 0 Å². The fraction of sp³-hybridized carbons (Fsp3) is 0. The molecule has 0 radical (unpaired) electrons. The summed E-state index contributed by atoms with van der Waals surface area (Å²) in [6.07, 6.45) is 1.25. The molecule has 1 aromatic carbocycles. The quantitative estimate of drug-likeness (QED) is 0.638. The summed E-state index contributed by atoms with van der Waals surface area (Å²) in [5.41, 5.74) is 6.68. The van der Waals surface area contributed by atoms with Crippen molar-refractivity contribution in [3.8, 4) is 0 Å². The zero-order chi connectivity index (χ0) is 9.42. The van der Waals surface area contributed by atoms with Gasteiger partial charge in [-0.3, -0.25) is 0 Å². The highest BCUT2D eigenvalue weighted by Gasteiger charge is 2.10. The number of nitrogens with two attached hydrogens (primary N) is 1. The maximum atomic E-state index is 10.6. The Kier molecular flexibility index (Phi) is 1.45. The van der Waals surface area contributed by atoms with Gasteiger partial charge in [-0.05, 0) is 6.07 Å². The Morgan fingerprint density at radius 3 is 3.00 bits per heavy atom. The number of hydrogen-bond acceptors (Lipinski definition) is 4. The third-order valence-electron chi connectivity index (χ3n) is 1.73. The second-order valence-electron chi connectivity index (χ2n) is 2.56. The number of carboxylic acids is 1. The van der Waals surface area contributed by atoms with Crippen molar-refractivity contribution in [2.75, 3.05) is 5.73 Å². The van der Waals surface area contributed by atoms with Crippen LogP contribution in [0.15, 0.2) is 22.9 Å². The van der Waals surface area contributed by atoms with Gasteiger partial charge in [-0.1, -0.05) is 0 Å². The number of aromatic carboxylic acids is 1. The van der Waals surface area contributed by atoms with Crippen molar-refractivity contribution in [2.45, 2.75) is 0 Å². The highest BCUT2D eigenvalue weighted by molar-refractivity contribution is 5.98. The maximum absolute atomic E-state index is 10.6. The Labute approximate surface area is 72.8 Å². The molecule has 1 aromatic heterocycles. The van der Waals surface area contributed by atoms with Gasteiger partial charge in [-0.25, -0.2) is 9.78 Å². The van der Waals surface area contributed by atoms with Gasteiger partial charge in [-0.15, -0.1) is 0 Å². The summed E-state index contributed by atoms with van der Waals surface area (Å²) in [5, 5.41) is 8.72. The SMILES string of the molecule is Nc1cc2ocnc2cc1C(=O)O. The van der Waals surface area contributed by atoms with E-state index < -0.39 is 5.97 Å². The average Bonchev–Trinajstić information content (AvgIpc) is 2.48. The number of hydrogen-bond donors (Lipinski definition) is 2. The van der Waals surface area contributed by atoms with Gasteiger partial charge in [-0.2, -0.15) is 0 Å². The van der Waals surface area contributed by atoms with Gasteiger partial charge < -0.3 is 15.3 Å². The smallest absolute Gasteiger partial charge is 0.337 e. The number of anilines is 1. The first kappa shape index (κ1) is 7.60. The summed E-state index contributed by atoms with van der Waals surface area (Å²) in [6.45, 7) is 0. The fourth-order valence-corrected chi connectivity index (χ4v) is 1.10. The zero-order valence-electron chi connectivity index (χ0n) is 6.52. The second-order valence-corrected chi connectivity index (χ2v) is 2.56. The summed E-state index contributed by atoms with van der Waals surface area (Å²) in [5.74, 6) is -1.07. The molecule has 2 rings (SSSR count). The van der Waals surface area contributed by atoms with Crippen LogP contribution in [0.4, 0.5) is 5.69 Å². The molecule has 5 nitrogen and oxygen atoms in total. The Morgan fingerprint density at radius 2 is 2.31 bits per heavy atom. The first-order valence-electron chi connectivity index (χ1n) is 3.54. The molecule has 3 N–H and O–H groups in total. The first-order chi connectivity index (χ1) is 6.18. The third-order valence-corrected chi connectivity index (χ3v) is 1.73. The number of carbonyl (C=O) groups is 1. The van der Waals surface area contributed by atoms with Crippen LogP contribution in [0.2, 0.25) is 0 Å². The molecule has 5 heteroatoms. The van der Waals surface area contributed by atoms with Crippen LogP contribution in [0.25, 0.3) is 11.1 Å². The van der Waals surface area contributed by atoms with Gasteiger partial charge in [0.15, 0.2) is 12.0 Å². The van der Waals surface area contributed by atoms with Gasteiger partial charge in [0.05, 0.1) is 5.56 Å². The van der Waals surface area contributed by atoms with Gasteiger partial charge >= 0.3 is 5.97 Å². The van der Waals surface area contributed by atoms with Gasteiger partial charge in [0.1, 0.15) is 5.52 Å². The maximum Gasteiger partial charge on any atom is 0.337 e. The minimum Gasteiger partial charge on any atom is -0.478 e. The van der Waals surface area contributed by atoms with E-state index in [1.54, 1.807) is 0 Å². The van der Waals surface area contributed by atoms with Crippen molar-refractivity contribution in [2.24, 2.45) is 0 Å². The van der Waals surface area contributed by atoms with E-state index in [1.165, 1.54) is 18.5 Å². The lowest BCUT2D eigenvalue weighted by Crippen LogP contribution is -2.01. The van der Waals surface area contributed by atoms with Crippen molar-refractivity contribution in [1.29, 1.82) is 0 Å². The topological polar surface area (TPSA) is 89.4 Å². The summed E-state index contributed by atoms with van der Waals surface area (Å²) >= 11 is 0. The summed E-state index contributed by atoms with van der Waals surface area (Å²) < 4.78 is 4.95. The van der Waals surface area contributed by atoms with Crippen molar-refractivity contribution in [3.05, 3.63) is 24.1 Å². The molecular formula is C8H6N2O3. The van der Waals surface area contributed by atoms with E-state index >= 15 is 0 Å². The summed E-state index contributed by atoms with van der Waals surface area (Å²) in [7, 11) is 0. The second kappa shape index (κ2) is 2.48. The van der Waals surface area contributed by atoms with Crippen molar-refractivity contribution < 1.29 is 14.3 Å². The van der Waals surface area contributed by atoms with E-state index in [9.17, 15) is 4.79 Å². The van der Waals surface area contributed by atoms with Crippen LogP contribution in [0.3, 0.4) is 0 Å². The molecule has 0 atom stereocenters. The van der Waals surface area contributed by atoms with Crippen LogP contribution in [0, 0.1) is 0 Å². The molecule has 0 spiro atoms. The lowest BCUT2D eigenvalue weighted by atomic mass is 10.1. The molecule has 66 valence electrons. The van der Waals surface area contributed by atoms with Crippen molar-refractivity contribution in [3.63, 3.8) is 0 Å². The Morgan fingerprint density at radius 1 is 1.54 bits per heavy atom. The molecule has 13 heavy (non-hydrogen) atoms. The predicted molar refractivity (Wildman–Crippen MR) is 45.4 cm³/mol. The lowest BCUT2D eigenvalue weighted by molar-refractivity contribution is 0.0698. The molecule has 0 amide bonds. The molecule has 0 aliphatic heterocycles. The van der Waals surface area contributed by atoms with Crippen LogP contribution in [-0.4, -0.2) is 16.1 Å². The van der Waals surface area contributed by atoms with Gasteiger partial charge in [0.2, 0.25) is 0 Å². The van der Waals surface area contributed by atoms with Crippen molar-refractivity contribution in [1.82, 2.24) is 4.98 Å². The minimum atomic E-state index is -1.07. The summed E-state index contributed by atoms with van der Waals surface area (Å²) in [4.78, 5) is 14.5. The third kappa shape index (κ3) is 1.10. The van der Waals surface area contributed by atoms with E-state index in [4.69, 9.17) is 15.3 Å². The number of rotatable bonds is 1. The summed E-state index contributed by atoms with van der Waals surface area (Å²) in [6, 6.07) is 2.84. The Balaban J connectivity index is 2.76. The number of aromatic nitrogens is 1. The molecule has 0 fully saturated rings. The molecule has 0 unspecified atom stereocenters. The fourth-order valence-electron chi connectivity index (χ4n) is 1.10. The number of nitrogens with zero attached hydrogens (tertiary/aromatic N) is 1. The Hall–Kier alpha value is -2.04. The highest BCUT2D eigenvalue weighted by Crippen LogP contribution is 2.20. The highest BCUT2D eigenvalue weighted by atomic mass is 16.4. The number of carboxylic acid groups (broad SMARTS) is 1. The average molecular weight is 178 g/mol. The number of benzene rings is 1. The monoisotopic (exact) mass is 178 g/mol. The van der Waals surface area contributed by atoms with Crippen LogP contribution < -0.4 is 5.73 Å². The molecule has 0 bridgehead atoms. The largest absolute Gasteiger partial charge is 0.478 e. The molecule has 1 heterocycles. The molecule has 0 saturated carbocycles. The van der Waals surface area contributed by atoms with Crippen LogP contribution in [-0.2, 0) is 0 Å². The molecular weight excluding hydrogens is 172 g/mol. The first-order valence-corrected chi connectivity index (χ1v) is 3.54. The zero-order valence-corrected chi connectivity index (χ0v) is 6.52. The predicted octanol–water partition coefficient (Wildman–Crippen LogP) is 1.11. The molecule has 2 aromatic rings. The van der Waals surface area contributed by atoms with E-state index in [0.717, 1.165) is 0 Å². The standard InChI is InChI=1S/C8H6N2O3/c9-5-2-7-6(10-3-13-7)1-4(5)8(11)12/h1-3H,9H2,(H,11,12). The van der Waals surface area contributed by atoms with E-state index in [2.05, 4.69) is 4.98 Å². The van der Waals surface area contributed by atoms with E-state index in [0.29, 0.717) is 11.1 Å². The number of oxazole rings is 1. The molecule has 0 aliphatic rings. The Bertz CT molecular complexity index is 475. The van der Waals surface area contributed by atoms with Gasteiger partial charge in [0.25, 0.3) is 0 Å². The van der Waals surface area contributed by atoms with E-state index in [-0.39, 0.29) is 11.3 Å². The van der Waals surface area contributed by atoms with Crippen LogP contribution in [0.5, 0.6) is 0 Å². The van der Waals surface area contributed by atoms with E-state index in [1.807, 2.05) is 0 Å². The van der Waals surface area contributed by atoms with Gasteiger partial charge in [0, 0.05) is 11.8 Å². The molecule has 0 aliphatic carbocycles. The molecule has 0 saturated heterocycles. The number of nitrogen functional groups attached to an aromatic ring is 1.